The van der Waals surface area contributed by atoms with Crippen molar-refractivity contribution in [3.8, 4) is 0 Å². The number of carbonyl (C=O) groups excluding carboxylic acids is 1. The molecule has 0 saturated carbocycles. The molecular weight excluding hydrogens is 224 g/mol. The van der Waals surface area contributed by atoms with Gasteiger partial charge in [-0.2, -0.15) is 0 Å². The zero-order valence-electron chi connectivity index (χ0n) is 9.53. The summed E-state index contributed by atoms with van der Waals surface area (Å²) in [4.78, 5) is 11.7. The minimum Gasteiger partial charge on any atom is -0.325 e. The number of anilines is 1. The van der Waals surface area contributed by atoms with Gasteiger partial charge in [-0.1, -0.05) is 25.4 Å². The van der Waals surface area contributed by atoms with Gasteiger partial charge in [-0.05, 0) is 36.6 Å². The lowest BCUT2D eigenvalue weighted by atomic mass is 10.0. The van der Waals surface area contributed by atoms with E-state index in [1.165, 1.54) is 0 Å². The number of halogens is 1. The van der Waals surface area contributed by atoms with Gasteiger partial charge in [-0.25, -0.2) is 0 Å². The molecule has 0 bridgehead atoms. The van der Waals surface area contributed by atoms with Gasteiger partial charge in [0.15, 0.2) is 0 Å². The number of carbonyl (C=O) groups is 1. The van der Waals surface area contributed by atoms with Crippen molar-refractivity contribution in [3.63, 3.8) is 0 Å². The van der Waals surface area contributed by atoms with Crippen molar-refractivity contribution in [1.29, 1.82) is 0 Å². The molecule has 4 heteroatoms. The number of hydrogen-bond acceptors (Lipinski definition) is 2. The first kappa shape index (κ1) is 13.0. The molecule has 1 aromatic rings. The third kappa shape index (κ3) is 4.21. The molecule has 0 aliphatic carbocycles. The van der Waals surface area contributed by atoms with E-state index in [1.807, 2.05) is 13.8 Å². The van der Waals surface area contributed by atoms with E-state index in [-0.39, 0.29) is 5.91 Å². The number of amides is 1. The fourth-order valence-electron chi connectivity index (χ4n) is 1.38. The van der Waals surface area contributed by atoms with E-state index >= 15 is 0 Å². The van der Waals surface area contributed by atoms with E-state index in [1.54, 1.807) is 24.3 Å². The Kier molecular flexibility index (Phi) is 4.77. The molecule has 3 nitrogen and oxygen atoms in total. The van der Waals surface area contributed by atoms with Crippen LogP contribution in [0.4, 0.5) is 5.69 Å². The summed E-state index contributed by atoms with van der Waals surface area (Å²) < 4.78 is 0. The molecule has 0 spiro atoms. The molecule has 1 amide bonds. The zero-order valence-corrected chi connectivity index (χ0v) is 10.3. The van der Waals surface area contributed by atoms with Gasteiger partial charge in [-0.3, -0.25) is 4.79 Å². The molecule has 0 aliphatic rings. The number of rotatable bonds is 4. The van der Waals surface area contributed by atoms with Gasteiger partial charge in [0.05, 0.1) is 6.04 Å². The fraction of sp³-hybridized carbons (Fsp3) is 0.417. The van der Waals surface area contributed by atoms with Gasteiger partial charge >= 0.3 is 0 Å². The molecule has 1 aromatic carbocycles. The summed E-state index contributed by atoms with van der Waals surface area (Å²) in [6.45, 7) is 4.07. The topological polar surface area (TPSA) is 55.1 Å². The number of nitrogens with two attached hydrogens (primary N) is 1. The first-order chi connectivity index (χ1) is 7.49. The van der Waals surface area contributed by atoms with Gasteiger partial charge < -0.3 is 11.1 Å². The highest BCUT2D eigenvalue weighted by atomic mass is 35.5. The quantitative estimate of drug-likeness (QED) is 0.850. The third-order valence-electron chi connectivity index (χ3n) is 2.17. The van der Waals surface area contributed by atoms with Crippen LogP contribution >= 0.6 is 11.6 Å². The summed E-state index contributed by atoms with van der Waals surface area (Å²) >= 11 is 5.74. The predicted octanol–water partition coefficient (Wildman–Crippen LogP) is 2.65. The minimum absolute atomic E-state index is 0.156. The average molecular weight is 241 g/mol. The molecule has 16 heavy (non-hydrogen) atoms. The van der Waals surface area contributed by atoms with Crippen LogP contribution in [0.25, 0.3) is 0 Å². The lowest BCUT2D eigenvalue weighted by molar-refractivity contribution is -0.117. The van der Waals surface area contributed by atoms with Crippen LogP contribution in [-0.4, -0.2) is 11.9 Å². The summed E-state index contributed by atoms with van der Waals surface area (Å²) in [7, 11) is 0. The summed E-state index contributed by atoms with van der Waals surface area (Å²) in [6, 6.07) is 6.50. The Hall–Kier alpha value is -1.06. The van der Waals surface area contributed by atoms with E-state index in [0.29, 0.717) is 23.0 Å². The summed E-state index contributed by atoms with van der Waals surface area (Å²) in [5, 5.41) is 3.39. The van der Waals surface area contributed by atoms with Crippen LogP contribution in [0.5, 0.6) is 0 Å². The van der Waals surface area contributed by atoms with Crippen LogP contribution in [0.2, 0.25) is 5.02 Å². The highest BCUT2D eigenvalue weighted by Crippen LogP contribution is 2.14. The average Bonchev–Trinajstić information content (AvgIpc) is 2.20. The number of hydrogen-bond donors (Lipinski definition) is 2. The van der Waals surface area contributed by atoms with Crippen LogP contribution < -0.4 is 11.1 Å². The maximum absolute atomic E-state index is 11.7. The smallest absolute Gasteiger partial charge is 0.241 e. The van der Waals surface area contributed by atoms with Gasteiger partial charge in [0.25, 0.3) is 0 Å². The Morgan fingerprint density at radius 1 is 1.38 bits per heavy atom. The van der Waals surface area contributed by atoms with Crippen LogP contribution in [0.3, 0.4) is 0 Å². The molecule has 0 radical (unpaired) electrons. The molecule has 0 aromatic heterocycles. The zero-order chi connectivity index (χ0) is 12.1. The molecule has 88 valence electrons. The predicted molar refractivity (Wildman–Crippen MR) is 67.5 cm³/mol. The standard InChI is InChI=1S/C12H17ClN2O/c1-8(2)7-11(14)12(16)15-10-5-3-9(13)4-6-10/h3-6,8,11H,7,14H2,1-2H3,(H,15,16)/t11-/m1/s1. The van der Waals surface area contributed by atoms with Crippen molar-refractivity contribution in [3.05, 3.63) is 29.3 Å². The Balaban J connectivity index is 2.54. The van der Waals surface area contributed by atoms with E-state index in [4.69, 9.17) is 17.3 Å². The van der Waals surface area contributed by atoms with Gasteiger partial charge in [0.1, 0.15) is 0 Å². The fourth-order valence-corrected chi connectivity index (χ4v) is 1.51. The van der Waals surface area contributed by atoms with Crippen LogP contribution in [0.15, 0.2) is 24.3 Å². The largest absolute Gasteiger partial charge is 0.325 e. The lowest BCUT2D eigenvalue weighted by Gasteiger charge is -2.14. The molecule has 1 atom stereocenters. The summed E-state index contributed by atoms with van der Waals surface area (Å²) in [5.74, 6) is 0.252. The second-order valence-electron chi connectivity index (χ2n) is 4.23. The first-order valence-electron chi connectivity index (χ1n) is 5.31. The maximum atomic E-state index is 11.7. The highest BCUT2D eigenvalue weighted by molar-refractivity contribution is 6.30. The molecule has 3 N–H and O–H groups in total. The molecule has 0 saturated heterocycles. The van der Waals surface area contributed by atoms with Crippen molar-refractivity contribution in [2.75, 3.05) is 5.32 Å². The van der Waals surface area contributed by atoms with Gasteiger partial charge in [0.2, 0.25) is 5.91 Å². The second kappa shape index (κ2) is 5.87. The summed E-state index contributed by atoms with van der Waals surface area (Å²) in [6.07, 6.45) is 0.680. The molecule has 0 heterocycles. The van der Waals surface area contributed by atoms with E-state index < -0.39 is 6.04 Å². The minimum atomic E-state index is -0.462. The summed E-state index contributed by atoms with van der Waals surface area (Å²) in [5.41, 5.74) is 6.47. The molecule has 0 fully saturated rings. The van der Waals surface area contributed by atoms with Crippen molar-refractivity contribution >= 4 is 23.2 Å². The Morgan fingerprint density at radius 2 is 1.94 bits per heavy atom. The maximum Gasteiger partial charge on any atom is 0.241 e. The third-order valence-corrected chi connectivity index (χ3v) is 2.43. The van der Waals surface area contributed by atoms with Gasteiger partial charge in [0, 0.05) is 10.7 Å². The SMILES string of the molecule is CC(C)C[C@@H](N)C(=O)Nc1ccc(Cl)cc1. The first-order valence-corrected chi connectivity index (χ1v) is 5.69. The van der Waals surface area contributed by atoms with E-state index in [0.717, 1.165) is 0 Å². The highest BCUT2D eigenvalue weighted by Gasteiger charge is 2.14. The lowest BCUT2D eigenvalue weighted by Crippen LogP contribution is -2.36. The normalized spacial score (nSPS) is 12.6. The Morgan fingerprint density at radius 3 is 2.44 bits per heavy atom. The Bertz CT molecular complexity index is 349. The van der Waals surface area contributed by atoms with Gasteiger partial charge in [-0.15, -0.1) is 0 Å². The van der Waals surface area contributed by atoms with E-state index in [2.05, 4.69) is 5.32 Å². The molecule has 1 rings (SSSR count). The molecule has 0 unspecified atom stereocenters. The van der Waals surface area contributed by atoms with Crippen molar-refractivity contribution < 1.29 is 4.79 Å². The van der Waals surface area contributed by atoms with Crippen LogP contribution in [0.1, 0.15) is 20.3 Å². The van der Waals surface area contributed by atoms with Crippen molar-refractivity contribution in [1.82, 2.24) is 0 Å². The molecular formula is C12H17ClN2O. The number of benzene rings is 1. The monoisotopic (exact) mass is 240 g/mol. The molecule has 0 aliphatic heterocycles. The van der Waals surface area contributed by atoms with Crippen LogP contribution in [0, 0.1) is 5.92 Å². The second-order valence-corrected chi connectivity index (χ2v) is 4.67. The van der Waals surface area contributed by atoms with Crippen LogP contribution in [-0.2, 0) is 4.79 Å². The Labute approximate surface area is 101 Å². The number of nitrogens with one attached hydrogen (secondary N) is 1. The van der Waals surface area contributed by atoms with E-state index in [9.17, 15) is 4.79 Å². The van der Waals surface area contributed by atoms with Crippen molar-refractivity contribution in [2.45, 2.75) is 26.3 Å². The van der Waals surface area contributed by atoms with Crippen molar-refractivity contribution in [2.24, 2.45) is 11.7 Å².